The predicted octanol–water partition coefficient (Wildman–Crippen LogP) is 6.56. The van der Waals surface area contributed by atoms with Crippen molar-refractivity contribution >= 4 is 54.6 Å². The van der Waals surface area contributed by atoms with Crippen molar-refractivity contribution in [3.05, 3.63) is 93.9 Å². The molecule has 0 saturated carbocycles. The lowest BCUT2D eigenvalue weighted by atomic mass is 9.96. The monoisotopic (exact) mass is 524 g/mol. The molecule has 8 N–H and O–H groups in total. The molecule has 4 aromatic carbocycles. The second-order valence-electron chi connectivity index (χ2n) is 6.58. The maximum Gasteiger partial charge on any atom is 0.0703 e. The molecule has 0 aliphatic rings. The molecule has 0 atom stereocenters. The van der Waals surface area contributed by atoms with Gasteiger partial charge in [-0.2, -0.15) is 0 Å². The van der Waals surface area contributed by atoms with Crippen LogP contribution in [0.2, 0.25) is 0 Å². The molecule has 0 heterocycles. The van der Waals surface area contributed by atoms with Gasteiger partial charge in [0.15, 0.2) is 0 Å². The molecule has 0 bridgehead atoms. The van der Waals surface area contributed by atoms with Gasteiger partial charge >= 0.3 is 0 Å². The van der Waals surface area contributed by atoms with E-state index in [-0.39, 0.29) is 0 Å². The molecule has 0 spiro atoms. The van der Waals surface area contributed by atoms with Crippen molar-refractivity contribution in [2.24, 2.45) is 0 Å². The molecule has 0 unspecified atom stereocenters. The molecule has 30 heavy (non-hydrogen) atoms. The van der Waals surface area contributed by atoms with E-state index in [0.717, 1.165) is 31.2 Å². The van der Waals surface area contributed by atoms with Crippen LogP contribution in [0.3, 0.4) is 0 Å². The Morgan fingerprint density at radius 3 is 1.07 bits per heavy atom. The molecular formula is C24H22Br2N4. The lowest BCUT2D eigenvalue weighted by Gasteiger charge is -2.13. The molecule has 0 aromatic heterocycles. The first-order valence-electron chi connectivity index (χ1n) is 9.18. The zero-order chi connectivity index (χ0) is 21.7. The highest BCUT2D eigenvalue weighted by Gasteiger charge is 2.10. The van der Waals surface area contributed by atoms with Crippen LogP contribution in [0, 0.1) is 0 Å². The first-order valence-corrected chi connectivity index (χ1v) is 10.8. The second-order valence-corrected chi connectivity index (χ2v) is 8.29. The van der Waals surface area contributed by atoms with Gasteiger partial charge in [0.25, 0.3) is 0 Å². The Hall–Kier alpha value is -2.96. The Morgan fingerprint density at radius 2 is 0.733 bits per heavy atom. The minimum Gasteiger partial charge on any atom is -0.397 e. The minimum atomic E-state index is 0.578. The van der Waals surface area contributed by atoms with Gasteiger partial charge < -0.3 is 22.9 Å². The van der Waals surface area contributed by atoms with Gasteiger partial charge in [0, 0.05) is 20.1 Å². The van der Waals surface area contributed by atoms with Crippen LogP contribution in [0.1, 0.15) is 0 Å². The Balaban J connectivity index is 0.000000216. The molecule has 4 aromatic rings. The van der Waals surface area contributed by atoms with Crippen molar-refractivity contribution in [1.29, 1.82) is 0 Å². The lowest BCUT2D eigenvalue weighted by Crippen LogP contribution is -1.99. The van der Waals surface area contributed by atoms with Crippen LogP contribution in [-0.2, 0) is 0 Å². The molecule has 6 heteroatoms. The minimum absolute atomic E-state index is 0.578. The number of rotatable bonds is 2. The maximum absolute atomic E-state index is 6.23. The quantitative estimate of drug-likeness (QED) is 0.222. The SMILES string of the molecule is Nc1c(-c2ccccc2)ccc(-c2ccccc2)c1N.Nc1c(Br)ccc(Br)c1N. The standard InChI is InChI=1S/C18H16N2.C6H6Br2N2/c19-17-15(13-7-3-1-4-8-13)11-12-16(18(17)20)14-9-5-2-6-10-14;7-3-1-2-4(8)6(10)5(3)9/h1-12H,19-20H2;1-2H,9-10H2. The van der Waals surface area contributed by atoms with Gasteiger partial charge in [-0.05, 0) is 55.1 Å². The first kappa shape index (κ1) is 21.7. The van der Waals surface area contributed by atoms with E-state index in [1.165, 1.54) is 0 Å². The van der Waals surface area contributed by atoms with Gasteiger partial charge in [-0.3, -0.25) is 0 Å². The Labute approximate surface area is 193 Å². The van der Waals surface area contributed by atoms with E-state index < -0.39 is 0 Å². The highest BCUT2D eigenvalue weighted by molar-refractivity contribution is 9.11. The normalized spacial score (nSPS) is 10.2. The highest BCUT2D eigenvalue weighted by Crippen LogP contribution is 2.37. The number of hydrogen-bond acceptors (Lipinski definition) is 4. The molecule has 0 aliphatic heterocycles. The summed E-state index contributed by atoms with van der Waals surface area (Å²) in [5.41, 5.74) is 30.2. The number of benzene rings is 4. The van der Waals surface area contributed by atoms with Crippen molar-refractivity contribution in [1.82, 2.24) is 0 Å². The van der Waals surface area contributed by atoms with Crippen LogP contribution in [0.4, 0.5) is 22.7 Å². The smallest absolute Gasteiger partial charge is 0.0703 e. The molecule has 4 nitrogen and oxygen atoms in total. The summed E-state index contributed by atoms with van der Waals surface area (Å²) in [6.07, 6.45) is 0. The van der Waals surface area contributed by atoms with Crippen LogP contribution in [-0.4, -0.2) is 0 Å². The first-order chi connectivity index (χ1) is 14.4. The predicted molar refractivity (Wildman–Crippen MR) is 137 cm³/mol. The maximum atomic E-state index is 6.23. The summed E-state index contributed by atoms with van der Waals surface area (Å²) in [6, 6.07) is 27.8. The number of nitrogen functional groups attached to an aromatic ring is 4. The largest absolute Gasteiger partial charge is 0.397 e. The van der Waals surface area contributed by atoms with E-state index in [1.54, 1.807) is 0 Å². The third-order valence-electron chi connectivity index (χ3n) is 4.64. The van der Waals surface area contributed by atoms with Gasteiger partial charge in [0.2, 0.25) is 0 Å². The summed E-state index contributed by atoms with van der Waals surface area (Å²) in [4.78, 5) is 0. The average molecular weight is 526 g/mol. The van der Waals surface area contributed by atoms with E-state index in [4.69, 9.17) is 22.9 Å². The third kappa shape index (κ3) is 4.78. The van der Waals surface area contributed by atoms with Gasteiger partial charge in [-0.1, -0.05) is 72.8 Å². The zero-order valence-corrected chi connectivity index (χ0v) is 19.3. The number of halogens is 2. The Kier molecular flexibility index (Phi) is 7.03. The van der Waals surface area contributed by atoms with Crippen molar-refractivity contribution in [2.75, 3.05) is 22.9 Å². The molecule has 0 radical (unpaired) electrons. The Bertz CT molecular complexity index is 1060. The molecule has 0 aliphatic carbocycles. The zero-order valence-electron chi connectivity index (χ0n) is 16.1. The molecule has 0 amide bonds. The van der Waals surface area contributed by atoms with E-state index >= 15 is 0 Å². The fourth-order valence-corrected chi connectivity index (χ4v) is 3.65. The fraction of sp³-hybridized carbons (Fsp3) is 0. The van der Waals surface area contributed by atoms with Crippen molar-refractivity contribution in [3.63, 3.8) is 0 Å². The molecule has 0 saturated heterocycles. The number of nitrogens with two attached hydrogens (primary N) is 4. The van der Waals surface area contributed by atoms with Gasteiger partial charge in [-0.25, -0.2) is 0 Å². The van der Waals surface area contributed by atoms with Crippen molar-refractivity contribution < 1.29 is 0 Å². The number of hydrogen-bond donors (Lipinski definition) is 4. The summed E-state index contributed by atoms with van der Waals surface area (Å²) in [7, 11) is 0. The van der Waals surface area contributed by atoms with E-state index in [9.17, 15) is 0 Å². The van der Waals surface area contributed by atoms with Gasteiger partial charge in [0.1, 0.15) is 0 Å². The van der Waals surface area contributed by atoms with Crippen LogP contribution < -0.4 is 22.9 Å². The molecule has 0 fully saturated rings. The fourth-order valence-electron chi connectivity index (χ4n) is 2.96. The van der Waals surface area contributed by atoms with Gasteiger partial charge in [0.05, 0.1) is 22.7 Å². The molecule has 4 rings (SSSR count). The van der Waals surface area contributed by atoms with Crippen molar-refractivity contribution in [3.8, 4) is 22.3 Å². The third-order valence-corrected chi connectivity index (χ3v) is 6.02. The van der Waals surface area contributed by atoms with Crippen molar-refractivity contribution in [2.45, 2.75) is 0 Å². The molecule has 152 valence electrons. The van der Waals surface area contributed by atoms with E-state index in [1.807, 2.05) is 84.9 Å². The summed E-state index contributed by atoms with van der Waals surface area (Å²) in [5, 5.41) is 0. The van der Waals surface area contributed by atoms with E-state index in [2.05, 4.69) is 31.9 Å². The number of anilines is 4. The average Bonchev–Trinajstić information content (AvgIpc) is 2.78. The summed E-state index contributed by atoms with van der Waals surface area (Å²) in [5.74, 6) is 0. The second kappa shape index (κ2) is 9.69. The topological polar surface area (TPSA) is 104 Å². The summed E-state index contributed by atoms with van der Waals surface area (Å²) in [6.45, 7) is 0. The summed E-state index contributed by atoms with van der Waals surface area (Å²) < 4.78 is 1.65. The van der Waals surface area contributed by atoms with Gasteiger partial charge in [-0.15, -0.1) is 0 Å². The lowest BCUT2D eigenvalue weighted by molar-refractivity contribution is 1.58. The van der Waals surface area contributed by atoms with Crippen LogP contribution in [0.5, 0.6) is 0 Å². The van der Waals surface area contributed by atoms with Crippen LogP contribution in [0.25, 0.3) is 22.3 Å². The van der Waals surface area contributed by atoms with Crippen LogP contribution in [0.15, 0.2) is 93.9 Å². The molecular weight excluding hydrogens is 504 g/mol. The van der Waals surface area contributed by atoms with E-state index in [0.29, 0.717) is 22.7 Å². The highest BCUT2D eigenvalue weighted by atomic mass is 79.9. The Morgan fingerprint density at radius 1 is 0.400 bits per heavy atom. The van der Waals surface area contributed by atoms with Crippen LogP contribution >= 0.6 is 31.9 Å². The summed E-state index contributed by atoms with van der Waals surface area (Å²) >= 11 is 6.51.